The molecule has 2 heterocycles. The minimum absolute atomic E-state index is 0.346. The molecule has 2 aromatic heterocycles. The number of hydrogen-bond acceptors (Lipinski definition) is 3. The van der Waals surface area contributed by atoms with Gasteiger partial charge in [-0.3, -0.25) is 0 Å². The molecule has 3 rings (SSSR count). The van der Waals surface area contributed by atoms with Crippen LogP contribution >= 0.6 is 0 Å². The van der Waals surface area contributed by atoms with Gasteiger partial charge in [0.25, 0.3) is 0 Å². The van der Waals surface area contributed by atoms with Gasteiger partial charge in [0.15, 0.2) is 5.69 Å². The Morgan fingerprint density at radius 1 is 1.28 bits per heavy atom. The Morgan fingerprint density at radius 3 is 2.94 bits per heavy atom. The first kappa shape index (κ1) is 10.8. The lowest BCUT2D eigenvalue weighted by atomic mass is 10.1. The first-order valence-corrected chi connectivity index (χ1v) is 5.84. The molecule has 0 radical (unpaired) electrons. The van der Waals surface area contributed by atoms with Crippen LogP contribution in [0.15, 0.2) is 36.5 Å². The van der Waals surface area contributed by atoms with Crippen molar-refractivity contribution >= 4 is 27.8 Å². The maximum atomic E-state index is 11.9. The van der Waals surface area contributed by atoms with Gasteiger partial charge in [-0.05, 0) is 19.1 Å². The summed E-state index contributed by atoms with van der Waals surface area (Å²) in [5, 5.41) is 1.80. The zero-order chi connectivity index (χ0) is 12.5. The maximum absolute atomic E-state index is 11.9. The number of carbonyl (C=O) groups is 1. The van der Waals surface area contributed by atoms with Crippen molar-refractivity contribution in [2.75, 3.05) is 6.61 Å². The molecule has 4 heteroatoms. The Labute approximate surface area is 104 Å². The summed E-state index contributed by atoms with van der Waals surface area (Å²) in [6, 6.07) is 9.57. The average Bonchev–Trinajstić information content (AvgIpc) is 2.87. The van der Waals surface area contributed by atoms with Crippen molar-refractivity contribution in [3.63, 3.8) is 0 Å². The van der Waals surface area contributed by atoms with Crippen LogP contribution in [0.2, 0.25) is 0 Å². The smallest absolute Gasteiger partial charge is 0.357 e. The monoisotopic (exact) mass is 240 g/mol. The number of benzene rings is 1. The molecule has 1 aromatic carbocycles. The van der Waals surface area contributed by atoms with Crippen LogP contribution in [0.5, 0.6) is 0 Å². The van der Waals surface area contributed by atoms with E-state index in [1.807, 2.05) is 36.5 Å². The van der Waals surface area contributed by atoms with E-state index >= 15 is 0 Å². The highest BCUT2D eigenvalue weighted by atomic mass is 16.5. The molecule has 90 valence electrons. The third-order valence-electron chi connectivity index (χ3n) is 2.88. The van der Waals surface area contributed by atoms with Crippen LogP contribution in [0.3, 0.4) is 0 Å². The summed E-state index contributed by atoms with van der Waals surface area (Å²) in [4.78, 5) is 19.5. The Morgan fingerprint density at radius 2 is 2.11 bits per heavy atom. The number of aromatic nitrogens is 2. The summed E-state index contributed by atoms with van der Waals surface area (Å²) in [7, 11) is 0. The molecule has 3 aromatic rings. The highest BCUT2D eigenvalue weighted by molar-refractivity contribution is 6.11. The first-order valence-electron chi connectivity index (χ1n) is 5.84. The quantitative estimate of drug-likeness (QED) is 0.701. The molecule has 1 N–H and O–H groups in total. The van der Waals surface area contributed by atoms with Gasteiger partial charge < -0.3 is 9.72 Å². The predicted octanol–water partition coefficient (Wildman–Crippen LogP) is 2.89. The molecule has 0 amide bonds. The number of aromatic amines is 1. The largest absolute Gasteiger partial charge is 0.461 e. The molecular weight excluding hydrogens is 228 g/mol. The Kier molecular flexibility index (Phi) is 2.48. The van der Waals surface area contributed by atoms with Gasteiger partial charge in [-0.1, -0.05) is 18.2 Å². The Hall–Kier alpha value is -2.36. The Balaban J connectivity index is 2.35. The molecule has 0 bridgehead atoms. The summed E-state index contributed by atoms with van der Waals surface area (Å²) >= 11 is 0. The number of fused-ring (bicyclic) bond motifs is 3. The summed E-state index contributed by atoms with van der Waals surface area (Å²) in [5.74, 6) is -0.382. The minimum atomic E-state index is -0.382. The lowest BCUT2D eigenvalue weighted by molar-refractivity contribution is 0.0522. The SMILES string of the molecule is CCOC(=O)c1nc2ccccc2c2[nH]ccc12. The number of ether oxygens (including phenoxy) is 1. The molecular formula is C14H12N2O2. The number of hydrogen-bond donors (Lipinski definition) is 1. The van der Waals surface area contributed by atoms with E-state index in [0.29, 0.717) is 12.3 Å². The van der Waals surface area contributed by atoms with E-state index in [4.69, 9.17) is 4.74 Å². The molecule has 0 saturated heterocycles. The molecule has 0 unspecified atom stereocenters. The Bertz CT molecular complexity index is 731. The van der Waals surface area contributed by atoms with Gasteiger partial charge in [0, 0.05) is 17.0 Å². The van der Waals surface area contributed by atoms with Crippen molar-refractivity contribution in [3.05, 3.63) is 42.2 Å². The molecule has 0 aliphatic carbocycles. The zero-order valence-corrected chi connectivity index (χ0v) is 9.93. The fourth-order valence-electron chi connectivity index (χ4n) is 2.11. The van der Waals surface area contributed by atoms with Gasteiger partial charge in [-0.15, -0.1) is 0 Å². The van der Waals surface area contributed by atoms with Crippen molar-refractivity contribution in [3.8, 4) is 0 Å². The summed E-state index contributed by atoms with van der Waals surface area (Å²) in [5.41, 5.74) is 2.07. The van der Waals surface area contributed by atoms with Crippen molar-refractivity contribution in [2.45, 2.75) is 6.92 Å². The lowest BCUT2D eigenvalue weighted by Crippen LogP contribution is -2.07. The van der Waals surface area contributed by atoms with E-state index in [-0.39, 0.29) is 5.97 Å². The number of esters is 1. The van der Waals surface area contributed by atoms with Crippen molar-refractivity contribution in [1.29, 1.82) is 0 Å². The summed E-state index contributed by atoms with van der Waals surface area (Å²) in [6.45, 7) is 2.13. The molecule has 18 heavy (non-hydrogen) atoms. The third kappa shape index (κ3) is 1.54. The third-order valence-corrected chi connectivity index (χ3v) is 2.88. The van der Waals surface area contributed by atoms with Crippen molar-refractivity contribution in [1.82, 2.24) is 9.97 Å². The predicted molar refractivity (Wildman–Crippen MR) is 69.6 cm³/mol. The molecule has 0 fully saturated rings. The highest BCUT2D eigenvalue weighted by Gasteiger charge is 2.16. The lowest BCUT2D eigenvalue weighted by Gasteiger charge is -2.05. The number of H-pyrrole nitrogens is 1. The number of nitrogens with one attached hydrogen (secondary N) is 1. The second-order valence-electron chi connectivity index (χ2n) is 3.96. The van der Waals surface area contributed by atoms with Crippen LogP contribution in [0.1, 0.15) is 17.4 Å². The number of carbonyl (C=O) groups excluding carboxylic acids is 1. The van der Waals surface area contributed by atoms with Crippen LogP contribution < -0.4 is 0 Å². The van der Waals surface area contributed by atoms with Gasteiger partial charge in [0.1, 0.15) is 0 Å². The number of para-hydroxylation sites is 1. The highest BCUT2D eigenvalue weighted by Crippen LogP contribution is 2.25. The van der Waals surface area contributed by atoms with Crippen LogP contribution in [0.25, 0.3) is 21.8 Å². The molecule has 0 saturated carbocycles. The molecule has 0 atom stereocenters. The van der Waals surface area contributed by atoms with E-state index in [0.717, 1.165) is 21.8 Å². The fraction of sp³-hybridized carbons (Fsp3) is 0.143. The van der Waals surface area contributed by atoms with Crippen LogP contribution in [-0.4, -0.2) is 22.5 Å². The van der Waals surface area contributed by atoms with Crippen LogP contribution in [-0.2, 0) is 4.74 Å². The van der Waals surface area contributed by atoms with Crippen LogP contribution in [0.4, 0.5) is 0 Å². The number of rotatable bonds is 2. The van der Waals surface area contributed by atoms with Gasteiger partial charge in [0.05, 0.1) is 17.6 Å². The number of pyridine rings is 1. The fourth-order valence-corrected chi connectivity index (χ4v) is 2.11. The number of nitrogens with zero attached hydrogens (tertiary/aromatic N) is 1. The van der Waals surface area contributed by atoms with E-state index in [1.165, 1.54) is 0 Å². The topological polar surface area (TPSA) is 55.0 Å². The van der Waals surface area contributed by atoms with Gasteiger partial charge in [-0.2, -0.15) is 0 Å². The van der Waals surface area contributed by atoms with Crippen molar-refractivity contribution < 1.29 is 9.53 Å². The molecule has 0 aliphatic rings. The average molecular weight is 240 g/mol. The van der Waals surface area contributed by atoms with Gasteiger partial charge in [-0.25, -0.2) is 9.78 Å². The van der Waals surface area contributed by atoms with Crippen LogP contribution in [0, 0.1) is 0 Å². The second-order valence-corrected chi connectivity index (χ2v) is 3.96. The minimum Gasteiger partial charge on any atom is -0.461 e. The first-order chi connectivity index (χ1) is 8.81. The van der Waals surface area contributed by atoms with E-state index < -0.39 is 0 Å². The van der Waals surface area contributed by atoms with Crippen molar-refractivity contribution in [2.24, 2.45) is 0 Å². The van der Waals surface area contributed by atoms with Gasteiger partial charge >= 0.3 is 5.97 Å². The molecule has 4 nitrogen and oxygen atoms in total. The maximum Gasteiger partial charge on any atom is 0.357 e. The van der Waals surface area contributed by atoms with Gasteiger partial charge in [0.2, 0.25) is 0 Å². The van der Waals surface area contributed by atoms with E-state index in [1.54, 1.807) is 6.92 Å². The second kappa shape index (κ2) is 4.14. The molecule has 0 spiro atoms. The van der Waals surface area contributed by atoms with E-state index in [9.17, 15) is 4.79 Å². The summed E-state index contributed by atoms with van der Waals surface area (Å²) < 4.78 is 5.04. The summed E-state index contributed by atoms with van der Waals surface area (Å²) in [6.07, 6.45) is 1.81. The zero-order valence-electron chi connectivity index (χ0n) is 9.93. The molecule has 0 aliphatic heterocycles. The normalized spacial score (nSPS) is 10.9. The standard InChI is InChI=1S/C14H12N2O2/c1-2-18-14(17)13-10-7-8-15-12(10)9-5-3-4-6-11(9)16-13/h3-8,15H,2H2,1H3. The van der Waals surface area contributed by atoms with E-state index in [2.05, 4.69) is 9.97 Å².